The first-order chi connectivity index (χ1) is 9.52. The largest absolute Gasteiger partial charge is 0.491 e. The molecular weight excluding hydrogens is 254 g/mol. The van der Waals surface area contributed by atoms with Gasteiger partial charge in [-0.25, -0.2) is 0 Å². The highest BCUT2D eigenvalue weighted by Crippen LogP contribution is 2.19. The number of ether oxygens (including phenoxy) is 2. The molecule has 2 unspecified atom stereocenters. The maximum absolute atomic E-state index is 9.89. The predicted molar refractivity (Wildman–Crippen MR) is 81.3 cm³/mol. The Labute approximate surface area is 122 Å². The fourth-order valence-corrected chi connectivity index (χ4v) is 1.95. The highest BCUT2D eigenvalue weighted by molar-refractivity contribution is 5.35. The van der Waals surface area contributed by atoms with Gasteiger partial charge < -0.3 is 19.9 Å². The zero-order chi connectivity index (χ0) is 15.0. The zero-order valence-corrected chi connectivity index (χ0v) is 13.0. The van der Waals surface area contributed by atoms with Gasteiger partial charge in [0.2, 0.25) is 0 Å². The fraction of sp³-hybridized carbons (Fsp3) is 0.625. The van der Waals surface area contributed by atoms with Crippen LogP contribution in [-0.4, -0.2) is 44.6 Å². The van der Waals surface area contributed by atoms with Crippen molar-refractivity contribution >= 4 is 0 Å². The molecule has 1 aromatic carbocycles. The van der Waals surface area contributed by atoms with Gasteiger partial charge in [-0.15, -0.1) is 0 Å². The average molecular weight is 281 g/mol. The first-order valence-corrected chi connectivity index (χ1v) is 7.10. The Bertz CT molecular complexity index is 395. The molecule has 4 nitrogen and oxygen atoms in total. The number of nitrogens with one attached hydrogen (secondary N) is 1. The number of methoxy groups -OCH3 is 1. The lowest BCUT2D eigenvalue weighted by molar-refractivity contribution is 0.102. The molecule has 2 atom stereocenters. The smallest absolute Gasteiger partial charge is 0.122 e. The molecule has 0 aliphatic carbocycles. The molecule has 2 N–H and O–H groups in total. The normalized spacial score (nSPS) is 14.1. The van der Waals surface area contributed by atoms with E-state index in [1.807, 2.05) is 26.0 Å². The van der Waals surface area contributed by atoms with Crippen LogP contribution in [0.1, 0.15) is 18.1 Å². The Morgan fingerprint density at radius 2 is 1.95 bits per heavy atom. The van der Waals surface area contributed by atoms with Gasteiger partial charge in [-0.3, -0.25) is 0 Å². The summed E-state index contributed by atoms with van der Waals surface area (Å²) in [4.78, 5) is 0. The van der Waals surface area contributed by atoms with Crippen molar-refractivity contribution in [2.24, 2.45) is 5.92 Å². The highest BCUT2D eigenvalue weighted by atomic mass is 16.5. The summed E-state index contributed by atoms with van der Waals surface area (Å²) >= 11 is 0. The first kappa shape index (κ1) is 17.0. The van der Waals surface area contributed by atoms with Crippen molar-refractivity contribution in [2.45, 2.75) is 26.9 Å². The number of hydrogen-bond acceptors (Lipinski definition) is 4. The van der Waals surface area contributed by atoms with Crippen LogP contribution in [0.15, 0.2) is 18.2 Å². The van der Waals surface area contributed by atoms with Crippen molar-refractivity contribution in [1.29, 1.82) is 0 Å². The van der Waals surface area contributed by atoms with Crippen molar-refractivity contribution in [3.05, 3.63) is 29.3 Å². The molecule has 4 heteroatoms. The summed E-state index contributed by atoms with van der Waals surface area (Å²) in [5.41, 5.74) is 2.25. The van der Waals surface area contributed by atoms with E-state index in [0.717, 1.165) is 30.0 Å². The van der Waals surface area contributed by atoms with Gasteiger partial charge in [0.05, 0.1) is 0 Å². The highest BCUT2D eigenvalue weighted by Gasteiger charge is 2.08. The van der Waals surface area contributed by atoms with Gasteiger partial charge >= 0.3 is 0 Å². The third kappa shape index (κ3) is 6.37. The molecule has 0 aliphatic rings. The molecule has 20 heavy (non-hydrogen) atoms. The van der Waals surface area contributed by atoms with E-state index in [-0.39, 0.29) is 0 Å². The standard InChI is InChI=1S/C16H27NO3/c1-12-5-6-14(3)16(7-12)20-11-15(18)9-17-8-13(2)10-19-4/h5-7,13,15,17-18H,8-11H2,1-4H3. The predicted octanol–water partition coefficient (Wildman–Crippen LogP) is 1.92. The van der Waals surface area contributed by atoms with Crippen molar-refractivity contribution in [3.8, 4) is 5.75 Å². The van der Waals surface area contributed by atoms with Crippen molar-refractivity contribution < 1.29 is 14.6 Å². The Balaban J connectivity index is 2.26. The minimum Gasteiger partial charge on any atom is -0.491 e. The summed E-state index contributed by atoms with van der Waals surface area (Å²) < 4.78 is 10.7. The number of benzene rings is 1. The molecule has 0 spiro atoms. The van der Waals surface area contributed by atoms with Gasteiger partial charge in [0.1, 0.15) is 18.5 Å². The van der Waals surface area contributed by atoms with Gasteiger partial charge in [0.25, 0.3) is 0 Å². The topological polar surface area (TPSA) is 50.7 Å². The zero-order valence-electron chi connectivity index (χ0n) is 13.0. The van der Waals surface area contributed by atoms with E-state index in [0.29, 0.717) is 19.1 Å². The van der Waals surface area contributed by atoms with E-state index < -0.39 is 6.10 Å². The van der Waals surface area contributed by atoms with E-state index >= 15 is 0 Å². The molecule has 0 heterocycles. The average Bonchev–Trinajstić information content (AvgIpc) is 2.40. The summed E-state index contributed by atoms with van der Waals surface area (Å²) in [6.07, 6.45) is -0.510. The Hall–Kier alpha value is -1.10. The van der Waals surface area contributed by atoms with Crippen LogP contribution in [0.3, 0.4) is 0 Å². The molecular formula is C16H27NO3. The van der Waals surface area contributed by atoms with Crippen LogP contribution in [0.5, 0.6) is 5.75 Å². The van der Waals surface area contributed by atoms with Crippen molar-refractivity contribution in [2.75, 3.05) is 33.4 Å². The number of rotatable bonds is 9. The van der Waals surface area contributed by atoms with E-state index in [4.69, 9.17) is 9.47 Å². The lowest BCUT2D eigenvalue weighted by Crippen LogP contribution is -2.34. The van der Waals surface area contributed by atoms with Crippen LogP contribution in [0.2, 0.25) is 0 Å². The minimum atomic E-state index is -0.510. The van der Waals surface area contributed by atoms with Gasteiger partial charge in [0, 0.05) is 20.3 Å². The number of hydrogen-bond donors (Lipinski definition) is 2. The number of aryl methyl sites for hydroxylation is 2. The van der Waals surface area contributed by atoms with Crippen LogP contribution >= 0.6 is 0 Å². The second-order valence-electron chi connectivity index (χ2n) is 5.45. The van der Waals surface area contributed by atoms with Crippen LogP contribution in [0, 0.1) is 19.8 Å². The van der Waals surface area contributed by atoms with Crippen LogP contribution in [0.25, 0.3) is 0 Å². The van der Waals surface area contributed by atoms with Gasteiger partial charge in [-0.2, -0.15) is 0 Å². The molecule has 114 valence electrons. The third-order valence-electron chi connectivity index (χ3n) is 3.10. The van der Waals surface area contributed by atoms with Crippen molar-refractivity contribution in [1.82, 2.24) is 5.32 Å². The summed E-state index contributed by atoms with van der Waals surface area (Å²) in [5.74, 6) is 1.28. The summed E-state index contributed by atoms with van der Waals surface area (Å²) in [5, 5.41) is 13.1. The fourth-order valence-electron chi connectivity index (χ4n) is 1.95. The third-order valence-corrected chi connectivity index (χ3v) is 3.10. The SMILES string of the molecule is COCC(C)CNCC(O)COc1cc(C)ccc1C. The molecule has 0 saturated heterocycles. The summed E-state index contributed by atoms with van der Waals surface area (Å²) in [6.45, 7) is 8.52. The second-order valence-corrected chi connectivity index (χ2v) is 5.45. The van der Waals surface area contributed by atoms with Crippen LogP contribution in [0.4, 0.5) is 0 Å². The molecule has 0 aliphatic heterocycles. The Kier molecular flexibility index (Phi) is 7.59. The van der Waals surface area contributed by atoms with Crippen molar-refractivity contribution in [3.63, 3.8) is 0 Å². The van der Waals surface area contributed by atoms with Gasteiger partial charge in [-0.05, 0) is 43.5 Å². The Morgan fingerprint density at radius 3 is 2.65 bits per heavy atom. The molecule has 0 saturated carbocycles. The Morgan fingerprint density at radius 1 is 1.20 bits per heavy atom. The van der Waals surface area contributed by atoms with Gasteiger partial charge in [0.15, 0.2) is 0 Å². The second kappa shape index (κ2) is 8.95. The first-order valence-electron chi connectivity index (χ1n) is 7.10. The van der Waals surface area contributed by atoms with E-state index in [1.165, 1.54) is 0 Å². The summed E-state index contributed by atoms with van der Waals surface area (Å²) in [6, 6.07) is 6.08. The molecule has 0 fully saturated rings. The maximum Gasteiger partial charge on any atom is 0.122 e. The quantitative estimate of drug-likeness (QED) is 0.726. The van der Waals surface area contributed by atoms with Gasteiger partial charge in [-0.1, -0.05) is 19.1 Å². The summed E-state index contributed by atoms with van der Waals surface area (Å²) in [7, 11) is 1.70. The molecule has 0 radical (unpaired) electrons. The monoisotopic (exact) mass is 281 g/mol. The van der Waals surface area contributed by atoms with Crippen LogP contribution < -0.4 is 10.1 Å². The molecule has 1 aromatic rings. The maximum atomic E-state index is 9.89. The number of aliphatic hydroxyl groups is 1. The lowest BCUT2D eigenvalue weighted by Gasteiger charge is -2.16. The van der Waals surface area contributed by atoms with Crippen LogP contribution in [-0.2, 0) is 4.74 Å². The molecule has 0 bridgehead atoms. The van der Waals surface area contributed by atoms with E-state index in [9.17, 15) is 5.11 Å². The lowest BCUT2D eigenvalue weighted by atomic mass is 10.1. The minimum absolute atomic E-state index is 0.302. The van der Waals surface area contributed by atoms with E-state index in [1.54, 1.807) is 7.11 Å². The molecule has 1 rings (SSSR count). The van der Waals surface area contributed by atoms with E-state index in [2.05, 4.69) is 18.3 Å². The number of aliphatic hydroxyl groups excluding tert-OH is 1. The molecule has 0 aromatic heterocycles. The molecule has 0 amide bonds.